The van der Waals surface area contributed by atoms with Crippen molar-refractivity contribution in [1.29, 1.82) is 0 Å². The number of imidazole rings is 1. The Morgan fingerprint density at radius 3 is 3.11 bits per heavy atom. The molecule has 102 valence electrons. The van der Waals surface area contributed by atoms with Crippen molar-refractivity contribution < 1.29 is 4.74 Å². The van der Waals surface area contributed by atoms with Crippen LogP contribution in [0.1, 0.15) is 31.4 Å². The van der Waals surface area contributed by atoms with Gasteiger partial charge in [0.15, 0.2) is 0 Å². The van der Waals surface area contributed by atoms with Gasteiger partial charge >= 0.3 is 0 Å². The van der Waals surface area contributed by atoms with Crippen LogP contribution in [0.5, 0.6) is 0 Å². The first-order chi connectivity index (χ1) is 9.29. The highest BCUT2D eigenvalue weighted by atomic mass is 16.5. The predicted molar refractivity (Wildman–Crippen MR) is 74.7 cm³/mol. The largest absolute Gasteiger partial charge is 0.381 e. The lowest BCUT2D eigenvalue weighted by Gasteiger charge is -2.17. The molecule has 0 aliphatic carbocycles. The maximum Gasteiger partial charge on any atom is 0.141 e. The molecule has 0 saturated carbocycles. The van der Waals surface area contributed by atoms with E-state index < -0.39 is 0 Å². The van der Waals surface area contributed by atoms with Crippen LogP contribution in [0.2, 0.25) is 0 Å². The molecule has 0 amide bonds. The Labute approximate surface area is 113 Å². The maximum atomic E-state index is 5.42. The van der Waals surface area contributed by atoms with Crippen molar-refractivity contribution >= 4 is 11.5 Å². The molecule has 1 aliphatic heterocycles. The molecule has 1 saturated heterocycles. The minimum atomic E-state index is 0.429. The van der Waals surface area contributed by atoms with Gasteiger partial charge in [-0.05, 0) is 12.8 Å². The third-order valence-electron chi connectivity index (χ3n) is 3.70. The normalized spacial score (nSPS) is 19.2. The summed E-state index contributed by atoms with van der Waals surface area (Å²) in [6, 6.07) is 2.09. The topological polar surface area (TPSA) is 42.7 Å². The Morgan fingerprint density at radius 1 is 1.47 bits per heavy atom. The number of rotatable bonds is 4. The van der Waals surface area contributed by atoms with Gasteiger partial charge in [0.25, 0.3) is 0 Å². The van der Waals surface area contributed by atoms with Crippen molar-refractivity contribution in [2.75, 3.05) is 31.7 Å². The Kier molecular flexibility index (Phi) is 3.38. The highest BCUT2D eigenvalue weighted by Gasteiger charge is 2.20. The summed E-state index contributed by atoms with van der Waals surface area (Å²) in [5, 5.41) is 0. The molecule has 2 aromatic heterocycles. The van der Waals surface area contributed by atoms with Crippen LogP contribution in [0.15, 0.2) is 18.6 Å². The molecule has 0 bridgehead atoms. The number of aromatic nitrogens is 3. The van der Waals surface area contributed by atoms with Crippen molar-refractivity contribution in [2.24, 2.45) is 0 Å². The third kappa shape index (κ3) is 2.30. The van der Waals surface area contributed by atoms with Crippen LogP contribution < -0.4 is 4.90 Å². The SMILES string of the molecule is CCCN(C)c1cnc2cc(C3CCOC3)ncn12. The zero-order chi connectivity index (χ0) is 13.2. The van der Waals surface area contributed by atoms with E-state index in [1.54, 1.807) is 0 Å². The fraction of sp³-hybridized carbons (Fsp3) is 0.571. The Bertz CT molecular complexity index is 560. The Balaban J connectivity index is 1.92. The van der Waals surface area contributed by atoms with Crippen LogP contribution in [0.3, 0.4) is 0 Å². The maximum absolute atomic E-state index is 5.42. The van der Waals surface area contributed by atoms with E-state index in [9.17, 15) is 0 Å². The highest BCUT2D eigenvalue weighted by Crippen LogP contribution is 2.25. The first-order valence-electron chi connectivity index (χ1n) is 6.91. The van der Waals surface area contributed by atoms with E-state index in [4.69, 9.17) is 4.74 Å². The summed E-state index contributed by atoms with van der Waals surface area (Å²) < 4.78 is 7.47. The summed E-state index contributed by atoms with van der Waals surface area (Å²) in [7, 11) is 2.09. The van der Waals surface area contributed by atoms with Crippen molar-refractivity contribution in [3.05, 3.63) is 24.3 Å². The van der Waals surface area contributed by atoms with Crippen molar-refractivity contribution in [3.63, 3.8) is 0 Å². The average molecular weight is 260 g/mol. The summed E-state index contributed by atoms with van der Waals surface area (Å²) in [6.45, 7) is 4.82. The van der Waals surface area contributed by atoms with Gasteiger partial charge in [0.05, 0.1) is 18.5 Å². The molecule has 0 spiro atoms. The molecule has 1 atom stereocenters. The van der Waals surface area contributed by atoms with Crippen LogP contribution in [0.25, 0.3) is 5.65 Å². The molecule has 19 heavy (non-hydrogen) atoms. The van der Waals surface area contributed by atoms with E-state index in [0.717, 1.165) is 49.8 Å². The zero-order valence-corrected chi connectivity index (χ0v) is 11.5. The smallest absolute Gasteiger partial charge is 0.141 e. The van der Waals surface area contributed by atoms with Gasteiger partial charge < -0.3 is 9.64 Å². The molecule has 5 nitrogen and oxygen atoms in total. The summed E-state index contributed by atoms with van der Waals surface area (Å²) >= 11 is 0. The van der Waals surface area contributed by atoms with Gasteiger partial charge in [-0.25, -0.2) is 9.97 Å². The fourth-order valence-corrected chi connectivity index (χ4v) is 2.61. The molecule has 0 aromatic carbocycles. The zero-order valence-electron chi connectivity index (χ0n) is 11.5. The Hall–Kier alpha value is -1.62. The molecule has 3 heterocycles. The molecular formula is C14H20N4O. The molecule has 1 aliphatic rings. The van der Waals surface area contributed by atoms with Gasteiger partial charge in [0.2, 0.25) is 0 Å². The van der Waals surface area contributed by atoms with Gasteiger partial charge in [-0.2, -0.15) is 0 Å². The van der Waals surface area contributed by atoms with Gasteiger partial charge in [-0.1, -0.05) is 6.92 Å². The monoisotopic (exact) mass is 260 g/mol. The molecule has 1 unspecified atom stereocenters. The van der Waals surface area contributed by atoms with E-state index in [1.165, 1.54) is 0 Å². The van der Waals surface area contributed by atoms with Gasteiger partial charge in [-0.3, -0.25) is 4.40 Å². The highest BCUT2D eigenvalue weighted by molar-refractivity contribution is 5.51. The molecule has 0 radical (unpaired) electrons. The Morgan fingerprint density at radius 2 is 2.37 bits per heavy atom. The van der Waals surface area contributed by atoms with Crippen LogP contribution >= 0.6 is 0 Å². The van der Waals surface area contributed by atoms with Crippen LogP contribution in [-0.4, -0.2) is 41.2 Å². The predicted octanol–water partition coefficient (Wildman–Crippen LogP) is 2.08. The standard InChI is InChI=1S/C14H20N4O/c1-3-5-17(2)14-8-15-13-7-12(16-10-18(13)14)11-4-6-19-9-11/h7-8,10-11H,3-6,9H2,1-2H3. The second-order valence-electron chi connectivity index (χ2n) is 5.14. The van der Waals surface area contributed by atoms with Gasteiger partial charge in [0.1, 0.15) is 17.8 Å². The minimum Gasteiger partial charge on any atom is -0.381 e. The average Bonchev–Trinajstić information content (AvgIpc) is 3.07. The van der Waals surface area contributed by atoms with Crippen LogP contribution in [0.4, 0.5) is 5.82 Å². The number of fused-ring (bicyclic) bond motifs is 1. The van der Waals surface area contributed by atoms with Crippen LogP contribution in [0, 0.1) is 0 Å². The molecule has 2 aromatic rings. The van der Waals surface area contributed by atoms with E-state index in [1.807, 2.05) is 12.5 Å². The second-order valence-corrected chi connectivity index (χ2v) is 5.14. The number of anilines is 1. The fourth-order valence-electron chi connectivity index (χ4n) is 2.61. The van der Waals surface area contributed by atoms with E-state index in [2.05, 4.69) is 39.3 Å². The van der Waals surface area contributed by atoms with Crippen molar-refractivity contribution in [2.45, 2.75) is 25.7 Å². The third-order valence-corrected chi connectivity index (χ3v) is 3.70. The minimum absolute atomic E-state index is 0.429. The summed E-state index contributed by atoms with van der Waals surface area (Å²) in [5.41, 5.74) is 2.06. The van der Waals surface area contributed by atoms with Gasteiger partial charge in [0, 0.05) is 32.2 Å². The van der Waals surface area contributed by atoms with Crippen molar-refractivity contribution in [3.8, 4) is 0 Å². The quantitative estimate of drug-likeness (QED) is 0.844. The van der Waals surface area contributed by atoms with E-state index >= 15 is 0 Å². The summed E-state index contributed by atoms with van der Waals surface area (Å²) in [6.07, 6.45) is 5.99. The lowest BCUT2D eigenvalue weighted by atomic mass is 10.1. The molecule has 1 fully saturated rings. The lowest BCUT2D eigenvalue weighted by molar-refractivity contribution is 0.193. The summed E-state index contributed by atoms with van der Waals surface area (Å²) in [5.74, 6) is 1.53. The number of hydrogen-bond acceptors (Lipinski definition) is 4. The van der Waals surface area contributed by atoms with E-state index in [0.29, 0.717) is 5.92 Å². The first-order valence-corrected chi connectivity index (χ1v) is 6.91. The van der Waals surface area contributed by atoms with Crippen LogP contribution in [-0.2, 0) is 4.74 Å². The first kappa shape index (κ1) is 12.4. The number of nitrogens with zero attached hydrogens (tertiary/aromatic N) is 4. The van der Waals surface area contributed by atoms with Crippen molar-refractivity contribution in [1.82, 2.24) is 14.4 Å². The second kappa shape index (κ2) is 5.17. The van der Waals surface area contributed by atoms with Gasteiger partial charge in [-0.15, -0.1) is 0 Å². The molecule has 5 heteroatoms. The molecule has 3 rings (SSSR count). The molecule has 0 N–H and O–H groups in total. The molecular weight excluding hydrogens is 240 g/mol. The number of ether oxygens (including phenoxy) is 1. The number of hydrogen-bond donors (Lipinski definition) is 0. The summed E-state index contributed by atoms with van der Waals surface area (Å²) in [4.78, 5) is 11.3. The lowest BCUT2D eigenvalue weighted by Crippen LogP contribution is -2.19. The van der Waals surface area contributed by atoms with E-state index in [-0.39, 0.29) is 0 Å².